The number of hydrogen-bond donors (Lipinski definition) is 1. The summed E-state index contributed by atoms with van der Waals surface area (Å²) in [6.45, 7) is -0.189. The minimum absolute atomic E-state index is 0.0627. The number of halogens is 2. The van der Waals surface area contributed by atoms with Crippen LogP contribution >= 0.6 is 35.0 Å². The highest BCUT2D eigenvalue weighted by atomic mass is 35.5. The second-order valence-corrected chi connectivity index (χ2v) is 9.99. The quantitative estimate of drug-likeness (QED) is 0.261. The average Bonchev–Trinajstić information content (AvgIpc) is 3.20. The van der Waals surface area contributed by atoms with E-state index in [9.17, 15) is 14.4 Å². The van der Waals surface area contributed by atoms with E-state index in [1.54, 1.807) is 54.6 Å². The Morgan fingerprint density at radius 1 is 0.925 bits per heavy atom. The minimum atomic E-state index is -0.453. The van der Waals surface area contributed by atoms with Crippen molar-refractivity contribution in [2.45, 2.75) is 0 Å². The number of ether oxygens (including phenoxy) is 4. The highest BCUT2D eigenvalue weighted by Crippen LogP contribution is 2.39. The predicted octanol–water partition coefficient (Wildman–Crippen LogP) is 6.14. The van der Waals surface area contributed by atoms with Crippen LogP contribution in [0.3, 0.4) is 0 Å². The lowest BCUT2D eigenvalue weighted by atomic mass is 10.1. The molecular weight excluding hydrogens is 579 g/mol. The molecule has 12 heteroatoms. The van der Waals surface area contributed by atoms with Crippen LogP contribution in [0, 0.1) is 0 Å². The predicted molar refractivity (Wildman–Crippen MR) is 155 cm³/mol. The van der Waals surface area contributed by atoms with Crippen molar-refractivity contribution >= 4 is 63.8 Å². The number of carbonyl (C=O) groups excluding carboxylic acids is 3. The van der Waals surface area contributed by atoms with E-state index >= 15 is 0 Å². The normalized spacial score (nSPS) is 13.9. The van der Waals surface area contributed by atoms with Crippen LogP contribution in [0.15, 0.2) is 65.6 Å². The van der Waals surface area contributed by atoms with Crippen LogP contribution in [0.2, 0.25) is 10.0 Å². The summed E-state index contributed by atoms with van der Waals surface area (Å²) < 4.78 is 22.0. The van der Waals surface area contributed by atoms with Crippen molar-refractivity contribution in [2.24, 2.45) is 0 Å². The van der Waals surface area contributed by atoms with Gasteiger partial charge in [0.1, 0.15) is 6.61 Å². The maximum absolute atomic E-state index is 12.9. The molecule has 1 fully saturated rings. The molecule has 1 aliphatic rings. The van der Waals surface area contributed by atoms with Crippen LogP contribution in [-0.4, -0.2) is 55.9 Å². The number of para-hydroxylation sites is 3. The number of benzene rings is 3. The Balaban J connectivity index is 1.40. The van der Waals surface area contributed by atoms with Gasteiger partial charge in [0.25, 0.3) is 17.1 Å². The van der Waals surface area contributed by atoms with Gasteiger partial charge in [-0.15, -0.1) is 0 Å². The van der Waals surface area contributed by atoms with Crippen molar-refractivity contribution in [3.05, 3.63) is 81.2 Å². The fraction of sp³-hybridized carbons (Fsp3) is 0.179. The van der Waals surface area contributed by atoms with Crippen molar-refractivity contribution in [3.63, 3.8) is 0 Å². The first kappa shape index (κ1) is 29.1. The van der Waals surface area contributed by atoms with Gasteiger partial charge in [-0.3, -0.25) is 19.3 Å². The molecule has 3 amide bonds. The third-order valence-electron chi connectivity index (χ3n) is 5.56. The molecule has 0 unspecified atom stereocenters. The third-order valence-corrected chi connectivity index (χ3v) is 7.08. The number of thioether (sulfide) groups is 1. The number of hydrogen-bond acceptors (Lipinski definition) is 8. The van der Waals surface area contributed by atoms with Crippen LogP contribution in [0.5, 0.6) is 23.0 Å². The van der Waals surface area contributed by atoms with Crippen LogP contribution in [0.25, 0.3) is 6.08 Å². The lowest BCUT2D eigenvalue weighted by Gasteiger charge is -2.15. The SMILES string of the molecule is COc1ccccc1OCCN1C(=O)S/C(=C\c2cc(Cl)c(OCC(=O)Nc3ccccc3Cl)c(OC)c2)C1=O. The number of methoxy groups -OCH3 is 2. The van der Waals surface area contributed by atoms with Crippen molar-refractivity contribution in [1.82, 2.24) is 4.90 Å². The summed E-state index contributed by atoms with van der Waals surface area (Å²) >= 11 is 13.3. The topological polar surface area (TPSA) is 103 Å². The molecule has 1 aliphatic heterocycles. The summed E-state index contributed by atoms with van der Waals surface area (Å²) in [7, 11) is 2.95. The first-order chi connectivity index (χ1) is 19.3. The Morgan fingerprint density at radius 2 is 1.62 bits per heavy atom. The van der Waals surface area contributed by atoms with Crippen molar-refractivity contribution in [2.75, 3.05) is 39.3 Å². The average molecular weight is 603 g/mol. The number of rotatable bonds is 11. The van der Waals surface area contributed by atoms with Gasteiger partial charge in [0, 0.05) is 0 Å². The molecule has 3 aromatic carbocycles. The molecule has 0 aromatic heterocycles. The van der Waals surface area contributed by atoms with Gasteiger partial charge in [0.15, 0.2) is 29.6 Å². The van der Waals surface area contributed by atoms with Gasteiger partial charge in [-0.1, -0.05) is 47.5 Å². The van der Waals surface area contributed by atoms with Gasteiger partial charge < -0.3 is 24.3 Å². The summed E-state index contributed by atoms with van der Waals surface area (Å²) in [5.74, 6) is 0.559. The second kappa shape index (κ2) is 13.5. The molecule has 0 atom stereocenters. The first-order valence-electron chi connectivity index (χ1n) is 11.9. The van der Waals surface area contributed by atoms with E-state index in [0.717, 1.165) is 16.7 Å². The molecular formula is C28H24Cl2N2O7S. The fourth-order valence-corrected chi connectivity index (χ4v) is 5.00. The van der Waals surface area contributed by atoms with Gasteiger partial charge in [-0.05, 0) is 59.8 Å². The number of nitrogens with zero attached hydrogens (tertiary/aromatic N) is 1. The summed E-state index contributed by atoms with van der Waals surface area (Å²) in [5.41, 5.74) is 0.956. The van der Waals surface area contributed by atoms with E-state index in [1.165, 1.54) is 20.3 Å². The van der Waals surface area contributed by atoms with Crippen LogP contribution < -0.4 is 24.3 Å². The zero-order chi connectivity index (χ0) is 28.6. The summed E-state index contributed by atoms with van der Waals surface area (Å²) in [6, 6.07) is 17.0. The van der Waals surface area contributed by atoms with Crippen LogP contribution in [0.1, 0.15) is 5.56 Å². The summed E-state index contributed by atoms with van der Waals surface area (Å²) in [5, 5.41) is 2.79. The molecule has 0 spiro atoms. The van der Waals surface area contributed by atoms with E-state index in [0.29, 0.717) is 27.8 Å². The lowest BCUT2D eigenvalue weighted by molar-refractivity contribution is -0.123. The number of imide groups is 1. The molecule has 9 nitrogen and oxygen atoms in total. The van der Waals surface area contributed by atoms with E-state index in [4.69, 9.17) is 42.1 Å². The zero-order valence-electron chi connectivity index (χ0n) is 21.4. The van der Waals surface area contributed by atoms with E-state index < -0.39 is 17.1 Å². The maximum Gasteiger partial charge on any atom is 0.293 e. The molecule has 0 aliphatic carbocycles. The third kappa shape index (κ3) is 7.01. The van der Waals surface area contributed by atoms with Gasteiger partial charge in [0.05, 0.1) is 41.4 Å². The lowest BCUT2D eigenvalue weighted by Crippen LogP contribution is -2.32. The van der Waals surface area contributed by atoms with E-state index in [-0.39, 0.29) is 41.2 Å². The Labute approximate surface area is 244 Å². The summed E-state index contributed by atoms with van der Waals surface area (Å²) in [6.07, 6.45) is 1.54. The summed E-state index contributed by atoms with van der Waals surface area (Å²) in [4.78, 5) is 39.1. The molecule has 40 heavy (non-hydrogen) atoms. The molecule has 1 saturated heterocycles. The number of amides is 3. The Hall–Kier alpha value is -3.86. The standard InChI is InChI=1S/C28H24Cl2N2O7S/c1-36-21-9-5-6-10-22(21)38-12-11-32-27(34)24(40-28(32)35)15-17-13-19(30)26(23(14-17)37-2)39-16-25(33)31-20-8-4-3-7-18(20)29/h3-10,13-15H,11-12,16H2,1-2H3,(H,31,33)/b24-15-. The Morgan fingerprint density at radius 3 is 2.35 bits per heavy atom. The monoisotopic (exact) mass is 602 g/mol. The molecule has 0 radical (unpaired) electrons. The van der Waals surface area contributed by atoms with E-state index in [1.807, 2.05) is 6.07 Å². The highest BCUT2D eigenvalue weighted by molar-refractivity contribution is 8.18. The number of anilines is 1. The van der Waals surface area contributed by atoms with Crippen molar-refractivity contribution in [1.29, 1.82) is 0 Å². The zero-order valence-corrected chi connectivity index (χ0v) is 23.8. The Bertz CT molecular complexity index is 1460. The van der Waals surface area contributed by atoms with Gasteiger partial charge >= 0.3 is 0 Å². The van der Waals surface area contributed by atoms with Crippen LogP contribution in [-0.2, 0) is 9.59 Å². The van der Waals surface area contributed by atoms with Crippen molar-refractivity contribution in [3.8, 4) is 23.0 Å². The highest BCUT2D eigenvalue weighted by Gasteiger charge is 2.35. The molecule has 3 aromatic rings. The molecule has 208 valence electrons. The largest absolute Gasteiger partial charge is 0.493 e. The molecule has 0 saturated carbocycles. The fourth-order valence-electron chi connectivity index (χ4n) is 3.68. The smallest absolute Gasteiger partial charge is 0.293 e. The van der Waals surface area contributed by atoms with Gasteiger partial charge in [-0.2, -0.15) is 0 Å². The number of carbonyl (C=O) groups is 3. The van der Waals surface area contributed by atoms with Gasteiger partial charge in [-0.25, -0.2) is 0 Å². The Kier molecular flexibility index (Phi) is 9.81. The second-order valence-electron chi connectivity index (χ2n) is 8.18. The molecule has 0 bridgehead atoms. The minimum Gasteiger partial charge on any atom is -0.493 e. The van der Waals surface area contributed by atoms with Crippen LogP contribution in [0.4, 0.5) is 10.5 Å². The molecule has 4 rings (SSSR count). The molecule has 1 N–H and O–H groups in total. The van der Waals surface area contributed by atoms with E-state index in [2.05, 4.69) is 5.32 Å². The first-order valence-corrected chi connectivity index (χ1v) is 13.4. The van der Waals surface area contributed by atoms with Crippen molar-refractivity contribution < 1.29 is 33.3 Å². The molecule has 1 heterocycles. The van der Waals surface area contributed by atoms with Gasteiger partial charge in [0.2, 0.25) is 0 Å². The number of nitrogens with one attached hydrogen (secondary N) is 1. The maximum atomic E-state index is 12.9.